The molecule has 1 aromatic carbocycles. The van der Waals surface area contributed by atoms with E-state index in [1.54, 1.807) is 0 Å². The topological polar surface area (TPSA) is 113 Å². The average Bonchev–Trinajstić information content (AvgIpc) is 2.37. The zero-order valence-corrected chi connectivity index (χ0v) is 11.6. The van der Waals surface area contributed by atoms with Crippen LogP contribution in [0, 0.1) is 11.6 Å². The number of halogens is 2. The molecule has 1 rings (SSSR count). The maximum atomic E-state index is 13.5. The van der Waals surface area contributed by atoms with Crippen molar-refractivity contribution in [2.45, 2.75) is 11.8 Å². The van der Waals surface area contributed by atoms with Crippen molar-refractivity contribution in [2.75, 3.05) is 13.1 Å². The van der Waals surface area contributed by atoms with Gasteiger partial charge in [-0.05, 0) is 12.1 Å². The highest BCUT2D eigenvalue weighted by molar-refractivity contribution is 7.89. The fourth-order valence-corrected chi connectivity index (χ4v) is 2.53. The summed E-state index contributed by atoms with van der Waals surface area (Å²) in [5.74, 6) is -5.24. The first kappa shape index (κ1) is 17.0. The van der Waals surface area contributed by atoms with E-state index < -0.39 is 38.1 Å². The van der Waals surface area contributed by atoms with E-state index in [-0.39, 0.29) is 19.0 Å². The van der Waals surface area contributed by atoms with Crippen LogP contribution in [0.25, 0.3) is 0 Å². The summed E-state index contributed by atoms with van der Waals surface area (Å²) in [6, 6.07) is 0.898. The Morgan fingerprint density at radius 1 is 1.24 bits per heavy atom. The van der Waals surface area contributed by atoms with Gasteiger partial charge in [0.25, 0.3) is 0 Å². The summed E-state index contributed by atoms with van der Waals surface area (Å²) < 4.78 is 52.3. The molecule has 1 aromatic rings. The Morgan fingerprint density at radius 2 is 1.86 bits per heavy atom. The van der Waals surface area contributed by atoms with Gasteiger partial charge < -0.3 is 10.4 Å². The Balaban J connectivity index is 3.02. The second-order valence-electron chi connectivity index (χ2n) is 3.96. The molecule has 0 spiro atoms. The monoisotopic (exact) mass is 322 g/mol. The first-order chi connectivity index (χ1) is 9.65. The molecular weight excluding hydrogens is 310 g/mol. The minimum Gasteiger partial charge on any atom is -0.478 e. The van der Waals surface area contributed by atoms with Crippen LogP contribution < -0.4 is 10.0 Å². The van der Waals surface area contributed by atoms with Gasteiger partial charge in [0.05, 0.1) is 5.56 Å². The number of carbonyl (C=O) groups excluding carboxylic acids is 1. The second kappa shape index (κ2) is 6.59. The predicted octanol–water partition coefficient (Wildman–Crippen LogP) is 0.0774. The number of carbonyl (C=O) groups is 2. The first-order valence-corrected chi connectivity index (χ1v) is 7.10. The van der Waals surface area contributed by atoms with Gasteiger partial charge in [-0.25, -0.2) is 26.7 Å². The highest BCUT2D eigenvalue weighted by Crippen LogP contribution is 2.19. The zero-order valence-electron chi connectivity index (χ0n) is 10.8. The van der Waals surface area contributed by atoms with E-state index in [9.17, 15) is 26.8 Å². The number of aromatic carboxylic acids is 1. The molecule has 0 fully saturated rings. The number of hydrogen-bond acceptors (Lipinski definition) is 4. The number of nitrogens with one attached hydrogen (secondary N) is 2. The van der Waals surface area contributed by atoms with Crippen LogP contribution in [-0.4, -0.2) is 38.5 Å². The molecule has 10 heteroatoms. The van der Waals surface area contributed by atoms with Crippen molar-refractivity contribution >= 4 is 21.9 Å². The normalized spacial score (nSPS) is 11.2. The molecule has 0 bridgehead atoms. The molecule has 0 saturated heterocycles. The molecule has 0 heterocycles. The van der Waals surface area contributed by atoms with Crippen LogP contribution >= 0.6 is 0 Å². The van der Waals surface area contributed by atoms with Gasteiger partial charge in [0.1, 0.15) is 4.90 Å². The lowest BCUT2D eigenvalue weighted by Gasteiger charge is -2.09. The lowest BCUT2D eigenvalue weighted by Crippen LogP contribution is -2.34. The largest absolute Gasteiger partial charge is 0.478 e. The smallest absolute Gasteiger partial charge is 0.335 e. The number of carboxylic acid groups (broad SMARTS) is 1. The van der Waals surface area contributed by atoms with Gasteiger partial charge in [-0.2, -0.15) is 0 Å². The number of carboxylic acids is 1. The number of amides is 1. The quantitative estimate of drug-likeness (QED) is 0.642. The van der Waals surface area contributed by atoms with Crippen molar-refractivity contribution in [3.63, 3.8) is 0 Å². The van der Waals surface area contributed by atoms with Gasteiger partial charge in [0, 0.05) is 20.0 Å². The summed E-state index contributed by atoms with van der Waals surface area (Å²) in [5, 5.41) is 11.0. The number of hydrogen-bond donors (Lipinski definition) is 3. The molecule has 0 unspecified atom stereocenters. The van der Waals surface area contributed by atoms with Crippen molar-refractivity contribution in [3.8, 4) is 0 Å². The van der Waals surface area contributed by atoms with Crippen LogP contribution in [0.3, 0.4) is 0 Å². The Hall–Kier alpha value is -2.07. The number of sulfonamides is 1. The zero-order chi connectivity index (χ0) is 16.2. The molecule has 0 aliphatic carbocycles. The van der Waals surface area contributed by atoms with Crippen molar-refractivity contribution in [1.29, 1.82) is 0 Å². The highest BCUT2D eigenvalue weighted by Gasteiger charge is 2.24. The van der Waals surface area contributed by atoms with Crippen LogP contribution in [-0.2, 0) is 14.8 Å². The molecule has 0 aliphatic heterocycles. The molecular formula is C11H12F2N2O5S. The molecule has 21 heavy (non-hydrogen) atoms. The Labute approximate surface area is 119 Å². The Morgan fingerprint density at radius 3 is 2.38 bits per heavy atom. The van der Waals surface area contributed by atoms with E-state index in [0.29, 0.717) is 12.1 Å². The fraction of sp³-hybridized carbons (Fsp3) is 0.273. The summed E-state index contributed by atoms with van der Waals surface area (Å²) in [6.45, 7) is 0.900. The summed E-state index contributed by atoms with van der Waals surface area (Å²) in [5.41, 5.74) is -0.698. The molecule has 0 aromatic heterocycles. The molecule has 116 valence electrons. The van der Waals surface area contributed by atoms with Gasteiger partial charge in [-0.3, -0.25) is 4.79 Å². The Bertz CT molecular complexity index is 675. The van der Waals surface area contributed by atoms with Gasteiger partial charge in [-0.15, -0.1) is 0 Å². The summed E-state index contributed by atoms with van der Waals surface area (Å²) in [4.78, 5) is 20.2. The van der Waals surface area contributed by atoms with Crippen molar-refractivity contribution in [1.82, 2.24) is 10.0 Å². The summed E-state index contributed by atoms with van der Waals surface area (Å²) in [6.07, 6.45) is 0. The van der Waals surface area contributed by atoms with Crippen LogP contribution in [0.15, 0.2) is 17.0 Å². The van der Waals surface area contributed by atoms with Crippen LogP contribution in [0.1, 0.15) is 17.3 Å². The SMILES string of the molecule is CC(=O)NCCNS(=O)(=O)c1cc(C(=O)O)cc(F)c1F. The summed E-state index contributed by atoms with van der Waals surface area (Å²) in [7, 11) is -4.45. The van der Waals surface area contributed by atoms with Crippen LogP contribution in [0.2, 0.25) is 0 Å². The van der Waals surface area contributed by atoms with Gasteiger partial charge in [-0.1, -0.05) is 0 Å². The molecule has 0 aliphatic rings. The van der Waals surface area contributed by atoms with Crippen LogP contribution in [0.5, 0.6) is 0 Å². The maximum Gasteiger partial charge on any atom is 0.335 e. The lowest BCUT2D eigenvalue weighted by atomic mass is 10.2. The standard InChI is InChI=1S/C11H12F2N2O5S/c1-6(16)14-2-3-15-21(19,20)9-5-7(11(17)18)4-8(12)10(9)13/h4-5,15H,2-3H2,1H3,(H,14,16)(H,17,18). The van der Waals surface area contributed by atoms with Gasteiger partial charge in [0.15, 0.2) is 11.6 Å². The van der Waals surface area contributed by atoms with E-state index in [4.69, 9.17) is 5.11 Å². The average molecular weight is 322 g/mol. The molecule has 0 saturated carbocycles. The van der Waals surface area contributed by atoms with Crippen molar-refractivity contribution in [2.24, 2.45) is 0 Å². The molecule has 1 amide bonds. The van der Waals surface area contributed by atoms with E-state index in [1.165, 1.54) is 6.92 Å². The second-order valence-corrected chi connectivity index (χ2v) is 5.69. The van der Waals surface area contributed by atoms with Crippen molar-refractivity contribution < 1.29 is 31.9 Å². The van der Waals surface area contributed by atoms with Crippen LogP contribution in [0.4, 0.5) is 8.78 Å². The van der Waals surface area contributed by atoms with Crippen molar-refractivity contribution in [3.05, 3.63) is 29.3 Å². The van der Waals surface area contributed by atoms with E-state index >= 15 is 0 Å². The fourth-order valence-electron chi connectivity index (χ4n) is 1.38. The minimum absolute atomic E-state index is 0.0582. The number of rotatable bonds is 6. The van der Waals surface area contributed by atoms with E-state index in [2.05, 4.69) is 5.32 Å². The third kappa shape index (κ3) is 4.46. The Kier molecular flexibility index (Phi) is 5.33. The first-order valence-electron chi connectivity index (χ1n) is 5.61. The van der Waals surface area contributed by atoms with E-state index in [0.717, 1.165) is 0 Å². The van der Waals surface area contributed by atoms with Gasteiger partial charge >= 0.3 is 5.97 Å². The maximum absolute atomic E-state index is 13.5. The third-order valence-corrected chi connectivity index (χ3v) is 3.78. The van der Waals surface area contributed by atoms with E-state index in [1.807, 2.05) is 4.72 Å². The predicted molar refractivity (Wildman–Crippen MR) is 67.2 cm³/mol. The molecule has 0 radical (unpaired) electrons. The van der Waals surface area contributed by atoms with Gasteiger partial charge in [0.2, 0.25) is 15.9 Å². The third-order valence-electron chi connectivity index (χ3n) is 2.32. The molecule has 0 atom stereocenters. The minimum atomic E-state index is -4.45. The molecule has 7 nitrogen and oxygen atoms in total. The highest BCUT2D eigenvalue weighted by atomic mass is 32.2. The molecule has 3 N–H and O–H groups in total. The lowest BCUT2D eigenvalue weighted by molar-refractivity contribution is -0.118. The summed E-state index contributed by atoms with van der Waals surface area (Å²) >= 11 is 0. The number of benzene rings is 1.